The highest BCUT2D eigenvalue weighted by molar-refractivity contribution is 7.78. The quantitative estimate of drug-likeness (QED) is 0.166. The fourth-order valence-corrected chi connectivity index (χ4v) is 3.73. The molecule has 1 nitrogen and oxygen atoms in total. The van der Waals surface area contributed by atoms with E-state index in [1.807, 2.05) is 19.1 Å². The first-order valence-electron chi connectivity index (χ1n) is 10.2. The minimum absolute atomic E-state index is 0.533. The second-order valence-electron chi connectivity index (χ2n) is 7.31. The lowest BCUT2D eigenvalue weighted by atomic mass is 10.0. The van der Waals surface area contributed by atoms with Crippen LogP contribution in [0.5, 0.6) is 0 Å². The van der Waals surface area contributed by atoms with Crippen LogP contribution in [0.2, 0.25) is 5.02 Å². The molecule has 3 heteroatoms. The molecule has 0 atom stereocenters. The van der Waals surface area contributed by atoms with Crippen LogP contribution in [0, 0.1) is 18.8 Å². The third kappa shape index (κ3) is 5.91. The van der Waals surface area contributed by atoms with Crippen molar-refractivity contribution in [3.8, 4) is 23.0 Å². The summed E-state index contributed by atoms with van der Waals surface area (Å²) in [5, 5.41) is 2.90. The zero-order chi connectivity index (χ0) is 21.3. The van der Waals surface area contributed by atoms with Gasteiger partial charge in [-0.15, -0.1) is 0 Å². The molecule has 0 heterocycles. The van der Waals surface area contributed by atoms with Gasteiger partial charge in [-0.2, -0.15) is 4.99 Å². The standard InChI is InChI=1S/C27H24ClNS/c1-3-4-5-6-21-9-13-24(14-10-21)25-15-11-22(12-16-25)7-8-23-17-20(2)27(29-19-30)26(28)18-23/h9-18H,3-6H2,1-2H3. The number of isothiocyanates is 1. The number of hydrogen-bond acceptors (Lipinski definition) is 2. The van der Waals surface area contributed by atoms with Crippen LogP contribution in [0.4, 0.5) is 5.69 Å². The van der Waals surface area contributed by atoms with Gasteiger partial charge < -0.3 is 0 Å². The van der Waals surface area contributed by atoms with E-state index >= 15 is 0 Å². The van der Waals surface area contributed by atoms with Crippen LogP contribution in [0.1, 0.15) is 48.4 Å². The molecule has 0 saturated carbocycles. The molecule has 0 amide bonds. The van der Waals surface area contributed by atoms with Gasteiger partial charge in [0, 0.05) is 11.1 Å². The fraction of sp³-hybridized carbons (Fsp3) is 0.222. The largest absolute Gasteiger partial charge is 0.193 e. The van der Waals surface area contributed by atoms with E-state index in [1.165, 1.54) is 36.0 Å². The van der Waals surface area contributed by atoms with Crippen LogP contribution < -0.4 is 0 Å². The Kier molecular flexibility index (Phi) is 8.00. The van der Waals surface area contributed by atoms with E-state index in [-0.39, 0.29) is 0 Å². The molecule has 0 bridgehead atoms. The van der Waals surface area contributed by atoms with Crippen molar-refractivity contribution >= 4 is 34.7 Å². The first-order valence-corrected chi connectivity index (χ1v) is 11.0. The Morgan fingerprint density at radius 3 is 2.10 bits per heavy atom. The molecule has 0 aromatic heterocycles. The predicted octanol–water partition coefficient (Wildman–Crippen LogP) is 8.18. The number of aryl methyl sites for hydroxylation is 2. The molecule has 0 aliphatic carbocycles. The normalized spacial score (nSPS) is 10.1. The van der Waals surface area contributed by atoms with Crippen molar-refractivity contribution < 1.29 is 0 Å². The maximum atomic E-state index is 6.28. The average molecular weight is 430 g/mol. The Bertz CT molecular complexity index is 1090. The van der Waals surface area contributed by atoms with E-state index in [1.54, 1.807) is 0 Å². The molecule has 150 valence electrons. The van der Waals surface area contributed by atoms with Gasteiger partial charge >= 0.3 is 0 Å². The molecular weight excluding hydrogens is 406 g/mol. The van der Waals surface area contributed by atoms with Gasteiger partial charge in [-0.25, -0.2) is 0 Å². The second-order valence-corrected chi connectivity index (χ2v) is 7.90. The monoisotopic (exact) mass is 429 g/mol. The summed E-state index contributed by atoms with van der Waals surface area (Å²) in [4.78, 5) is 4.01. The summed E-state index contributed by atoms with van der Waals surface area (Å²) < 4.78 is 0. The van der Waals surface area contributed by atoms with Gasteiger partial charge in [0.25, 0.3) is 0 Å². The highest BCUT2D eigenvalue weighted by Crippen LogP contribution is 2.29. The maximum absolute atomic E-state index is 6.28. The number of benzene rings is 3. The van der Waals surface area contributed by atoms with Crippen LogP contribution in [0.25, 0.3) is 11.1 Å². The fourth-order valence-electron chi connectivity index (χ4n) is 3.33. The highest BCUT2D eigenvalue weighted by Gasteiger charge is 2.04. The van der Waals surface area contributed by atoms with Crippen LogP contribution in [0.15, 0.2) is 65.7 Å². The van der Waals surface area contributed by atoms with Crippen LogP contribution in [-0.2, 0) is 6.42 Å². The van der Waals surface area contributed by atoms with Gasteiger partial charge in [-0.1, -0.05) is 79.6 Å². The summed E-state index contributed by atoms with van der Waals surface area (Å²) in [7, 11) is 0. The summed E-state index contributed by atoms with van der Waals surface area (Å²) in [6.45, 7) is 4.17. The van der Waals surface area contributed by atoms with E-state index in [0.717, 1.165) is 23.1 Å². The van der Waals surface area contributed by atoms with Gasteiger partial charge in [0.05, 0.1) is 15.9 Å². The molecule has 30 heavy (non-hydrogen) atoms. The third-order valence-corrected chi connectivity index (χ3v) is 5.38. The number of hydrogen-bond donors (Lipinski definition) is 0. The summed E-state index contributed by atoms with van der Waals surface area (Å²) >= 11 is 11.0. The smallest absolute Gasteiger partial charge is 0.0955 e. The first kappa shape index (κ1) is 22.0. The van der Waals surface area contributed by atoms with Gasteiger partial charge in [0.15, 0.2) is 0 Å². The zero-order valence-corrected chi connectivity index (χ0v) is 18.9. The maximum Gasteiger partial charge on any atom is 0.0955 e. The molecule has 0 spiro atoms. The number of aliphatic imine (C=N–C) groups is 1. The molecule has 0 aliphatic heterocycles. The average Bonchev–Trinajstić information content (AvgIpc) is 2.76. The minimum atomic E-state index is 0.533. The Morgan fingerprint density at radius 2 is 1.50 bits per heavy atom. The van der Waals surface area contributed by atoms with Gasteiger partial charge in [0.1, 0.15) is 0 Å². The van der Waals surface area contributed by atoms with Crippen molar-refractivity contribution in [3.63, 3.8) is 0 Å². The summed E-state index contributed by atoms with van der Waals surface area (Å²) in [5.74, 6) is 6.39. The lowest BCUT2D eigenvalue weighted by Gasteiger charge is -2.05. The lowest BCUT2D eigenvalue weighted by molar-refractivity contribution is 0.717. The highest BCUT2D eigenvalue weighted by atomic mass is 35.5. The topological polar surface area (TPSA) is 12.4 Å². The van der Waals surface area contributed by atoms with E-state index in [9.17, 15) is 0 Å². The number of unbranched alkanes of at least 4 members (excludes halogenated alkanes) is 2. The SMILES string of the molecule is CCCCCc1ccc(-c2ccc(C#Cc3cc(C)c(N=C=S)c(Cl)c3)cc2)cc1. The molecule has 0 unspecified atom stereocenters. The van der Waals surface area contributed by atoms with Crippen LogP contribution in [-0.4, -0.2) is 5.16 Å². The molecule has 0 fully saturated rings. The minimum Gasteiger partial charge on any atom is -0.193 e. The molecule has 3 aromatic rings. The molecule has 0 N–H and O–H groups in total. The predicted molar refractivity (Wildman–Crippen MR) is 132 cm³/mol. The Morgan fingerprint density at radius 1 is 0.867 bits per heavy atom. The second kappa shape index (κ2) is 10.9. The van der Waals surface area contributed by atoms with E-state index < -0.39 is 0 Å². The zero-order valence-electron chi connectivity index (χ0n) is 17.3. The van der Waals surface area contributed by atoms with E-state index in [4.69, 9.17) is 11.6 Å². The van der Waals surface area contributed by atoms with Gasteiger partial charge in [0.2, 0.25) is 0 Å². The van der Waals surface area contributed by atoms with Crippen molar-refractivity contribution in [1.29, 1.82) is 0 Å². The van der Waals surface area contributed by atoms with Crippen LogP contribution in [0.3, 0.4) is 0 Å². The van der Waals surface area contributed by atoms with E-state index in [2.05, 4.69) is 89.7 Å². The summed E-state index contributed by atoms with van der Waals surface area (Å²) in [5.41, 5.74) is 7.22. The van der Waals surface area contributed by atoms with Crippen molar-refractivity contribution in [1.82, 2.24) is 0 Å². The molecule has 0 saturated heterocycles. The molecule has 3 rings (SSSR count). The van der Waals surface area contributed by atoms with E-state index in [0.29, 0.717) is 10.7 Å². The van der Waals surface area contributed by atoms with Gasteiger partial charge in [-0.05, 0) is 78.5 Å². The summed E-state index contributed by atoms with van der Waals surface area (Å²) in [6.07, 6.45) is 4.97. The molecule has 0 aliphatic rings. The molecule has 3 aromatic carbocycles. The van der Waals surface area contributed by atoms with Gasteiger partial charge in [-0.3, -0.25) is 0 Å². The number of rotatable bonds is 6. The van der Waals surface area contributed by atoms with Crippen LogP contribution >= 0.6 is 23.8 Å². The molecular formula is C27H24ClNS. The summed E-state index contributed by atoms with van der Waals surface area (Å²) in [6, 6.07) is 21.0. The Balaban J connectivity index is 1.72. The third-order valence-electron chi connectivity index (χ3n) is 5.00. The number of halogens is 1. The Labute approximate surface area is 189 Å². The molecule has 0 radical (unpaired) electrons. The Hall–Kier alpha value is -2.69. The van der Waals surface area contributed by atoms with Crippen molar-refractivity contribution in [2.45, 2.75) is 39.5 Å². The first-order chi connectivity index (χ1) is 14.6. The van der Waals surface area contributed by atoms with Crippen molar-refractivity contribution in [2.24, 2.45) is 4.99 Å². The van der Waals surface area contributed by atoms with Crippen molar-refractivity contribution in [2.75, 3.05) is 0 Å². The van der Waals surface area contributed by atoms with Crippen molar-refractivity contribution in [3.05, 3.63) is 87.9 Å². The number of nitrogens with zero attached hydrogens (tertiary/aromatic N) is 1. The lowest BCUT2D eigenvalue weighted by Crippen LogP contribution is -1.86. The number of thiocarbonyl (C=S) groups is 1.